The van der Waals surface area contributed by atoms with E-state index in [9.17, 15) is 13.6 Å². The number of nitrogens with zero attached hydrogens (tertiary/aromatic N) is 4. The molecule has 8 heteroatoms. The van der Waals surface area contributed by atoms with Gasteiger partial charge in [0.25, 0.3) is 12.3 Å². The van der Waals surface area contributed by atoms with E-state index in [2.05, 4.69) is 17.0 Å². The van der Waals surface area contributed by atoms with Crippen molar-refractivity contribution < 1.29 is 18.3 Å². The fraction of sp³-hybridized carbons (Fsp3) is 0.500. The van der Waals surface area contributed by atoms with Gasteiger partial charge >= 0.3 is 0 Å². The van der Waals surface area contributed by atoms with Gasteiger partial charge in [-0.25, -0.2) is 18.4 Å². The van der Waals surface area contributed by atoms with Gasteiger partial charge in [0.2, 0.25) is 5.82 Å². The highest BCUT2D eigenvalue weighted by atomic mass is 19.3. The van der Waals surface area contributed by atoms with E-state index in [-0.39, 0.29) is 12.5 Å². The summed E-state index contributed by atoms with van der Waals surface area (Å²) in [4.78, 5) is 17.4. The number of ether oxygens (including phenoxy) is 1. The van der Waals surface area contributed by atoms with E-state index < -0.39 is 12.2 Å². The molecule has 0 unspecified atom stereocenters. The molecule has 6 nitrogen and oxygen atoms in total. The number of rotatable bonds is 4. The number of amides is 1. The molecule has 1 saturated carbocycles. The number of hydrogen-bond acceptors (Lipinski definition) is 4. The number of aromatic nitrogens is 3. The number of fused-ring (bicyclic) bond motifs is 1. The highest BCUT2D eigenvalue weighted by molar-refractivity contribution is 5.98. The van der Waals surface area contributed by atoms with Gasteiger partial charge < -0.3 is 9.64 Å². The largest absolute Gasteiger partial charge is 0.482 e. The molecule has 1 aromatic heterocycles. The number of anilines is 1. The van der Waals surface area contributed by atoms with Gasteiger partial charge in [-0.15, -0.1) is 5.10 Å². The Balaban J connectivity index is 1.71. The van der Waals surface area contributed by atoms with Crippen LogP contribution in [0.4, 0.5) is 14.5 Å². The number of alkyl halides is 2. The third-order valence-electron chi connectivity index (χ3n) is 5.09. The van der Waals surface area contributed by atoms with Crippen LogP contribution >= 0.6 is 0 Å². The summed E-state index contributed by atoms with van der Waals surface area (Å²) >= 11 is 0. The second-order valence-corrected chi connectivity index (χ2v) is 7.14. The first-order valence-corrected chi connectivity index (χ1v) is 8.69. The average molecular weight is 362 g/mol. The van der Waals surface area contributed by atoms with Crippen LogP contribution in [0.25, 0.3) is 11.4 Å². The number of halogens is 2. The van der Waals surface area contributed by atoms with Gasteiger partial charge in [0.1, 0.15) is 5.75 Å². The van der Waals surface area contributed by atoms with E-state index in [1.165, 1.54) is 4.90 Å². The molecule has 0 atom stereocenters. The Hall–Kier alpha value is -2.51. The molecule has 2 heterocycles. The molecule has 4 rings (SSSR count). The lowest BCUT2D eigenvalue weighted by atomic mass is 9.76. The van der Waals surface area contributed by atoms with Gasteiger partial charge in [-0.3, -0.25) is 4.79 Å². The summed E-state index contributed by atoms with van der Waals surface area (Å²) in [6.45, 7) is 2.75. The summed E-state index contributed by atoms with van der Waals surface area (Å²) in [5.41, 5.74) is 1.24. The Kier molecular flexibility index (Phi) is 4.13. The van der Waals surface area contributed by atoms with Gasteiger partial charge in [-0.05, 0) is 42.9 Å². The molecule has 1 aliphatic heterocycles. The summed E-state index contributed by atoms with van der Waals surface area (Å²) < 4.78 is 33.3. The Morgan fingerprint density at radius 2 is 2.12 bits per heavy atom. The maximum Gasteiger partial charge on any atom is 0.299 e. The summed E-state index contributed by atoms with van der Waals surface area (Å²) in [7, 11) is 1.67. The summed E-state index contributed by atoms with van der Waals surface area (Å²) in [5.74, 6) is 1.46. The van der Waals surface area contributed by atoms with Crippen molar-refractivity contribution in [2.24, 2.45) is 11.8 Å². The van der Waals surface area contributed by atoms with Gasteiger partial charge in [0, 0.05) is 19.2 Å². The van der Waals surface area contributed by atoms with Crippen molar-refractivity contribution in [3.05, 3.63) is 24.0 Å². The van der Waals surface area contributed by atoms with Crippen LogP contribution in [0, 0.1) is 11.8 Å². The normalized spacial score (nSPS) is 22.2. The number of hydrogen-bond donors (Lipinski definition) is 0. The van der Waals surface area contributed by atoms with Crippen LogP contribution in [0.2, 0.25) is 0 Å². The van der Waals surface area contributed by atoms with E-state index >= 15 is 0 Å². The zero-order valence-corrected chi connectivity index (χ0v) is 14.7. The molecule has 1 aliphatic carbocycles. The molecule has 0 spiro atoms. The molecule has 2 aromatic rings. The number of likely N-dealkylation sites (N-methyl/N-ethyl adjacent to an activating group) is 1. The van der Waals surface area contributed by atoms with Crippen LogP contribution in [0.1, 0.15) is 32.0 Å². The SMILES string of the molecule is CC1CC(Cn2nc(C(F)F)nc2-c2ccc3c(c2)N(C)C(=O)CO3)C1. The molecule has 1 amide bonds. The molecule has 0 N–H and O–H groups in total. The Morgan fingerprint density at radius 3 is 2.81 bits per heavy atom. The van der Waals surface area contributed by atoms with Crippen molar-refractivity contribution in [1.82, 2.24) is 14.8 Å². The quantitative estimate of drug-likeness (QED) is 0.837. The predicted molar refractivity (Wildman–Crippen MR) is 91.2 cm³/mol. The fourth-order valence-corrected chi connectivity index (χ4v) is 3.67. The second-order valence-electron chi connectivity index (χ2n) is 7.14. The topological polar surface area (TPSA) is 60.2 Å². The number of carbonyl (C=O) groups is 1. The first kappa shape index (κ1) is 16.9. The predicted octanol–water partition coefficient (Wildman–Crippen LogP) is 3.28. The molecular weight excluding hydrogens is 342 g/mol. The monoisotopic (exact) mass is 362 g/mol. The van der Waals surface area contributed by atoms with Crippen molar-refractivity contribution in [3.63, 3.8) is 0 Å². The third kappa shape index (κ3) is 2.93. The Bertz CT molecular complexity index is 846. The van der Waals surface area contributed by atoms with Crippen molar-refractivity contribution in [1.29, 1.82) is 0 Å². The summed E-state index contributed by atoms with van der Waals surface area (Å²) in [6, 6.07) is 5.24. The molecule has 0 radical (unpaired) electrons. The van der Waals surface area contributed by atoms with Gasteiger partial charge in [-0.2, -0.15) is 0 Å². The number of carbonyl (C=O) groups excluding carboxylic acids is 1. The third-order valence-corrected chi connectivity index (χ3v) is 5.09. The Morgan fingerprint density at radius 1 is 1.35 bits per heavy atom. The highest BCUT2D eigenvalue weighted by Gasteiger charge is 2.29. The van der Waals surface area contributed by atoms with Gasteiger partial charge in [-0.1, -0.05) is 6.92 Å². The van der Waals surface area contributed by atoms with Crippen molar-refractivity contribution in [2.75, 3.05) is 18.6 Å². The van der Waals surface area contributed by atoms with Crippen LogP contribution in [0.15, 0.2) is 18.2 Å². The Labute approximate surface area is 149 Å². The molecule has 1 fully saturated rings. The van der Waals surface area contributed by atoms with E-state index in [1.807, 2.05) is 0 Å². The first-order chi connectivity index (χ1) is 12.4. The summed E-state index contributed by atoms with van der Waals surface area (Å²) in [5, 5.41) is 4.02. The molecule has 1 aromatic carbocycles. The van der Waals surface area contributed by atoms with Gasteiger partial charge in [0.15, 0.2) is 12.4 Å². The molecule has 0 bridgehead atoms. The minimum Gasteiger partial charge on any atom is -0.482 e. The van der Waals surface area contributed by atoms with Gasteiger partial charge in [0.05, 0.1) is 5.69 Å². The van der Waals surface area contributed by atoms with Crippen LogP contribution in [-0.4, -0.2) is 34.3 Å². The smallest absolute Gasteiger partial charge is 0.299 e. The van der Waals surface area contributed by atoms with Crippen molar-refractivity contribution in [3.8, 4) is 17.1 Å². The molecule has 2 aliphatic rings. The van der Waals surface area contributed by atoms with E-state index in [1.54, 1.807) is 29.9 Å². The van der Waals surface area contributed by atoms with Crippen LogP contribution in [0.5, 0.6) is 5.75 Å². The zero-order chi connectivity index (χ0) is 18.4. The van der Waals surface area contributed by atoms with E-state index in [4.69, 9.17) is 4.74 Å². The average Bonchev–Trinajstić information content (AvgIpc) is 3.01. The fourth-order valence-electron chi connectivity index (χ4n) is 3.67. The first-order valence-electron chi connectivity index (χ1n) is 8.69. The van der Waals surface area contributed by atoms with Crippen LogP contribution in [-0.2, 0) is 11.3 Å². The van der Waals surface area contributed by atoms with E-state index in [0.29, 0.717) is 41.2 Å². The highest BCUT2D eigenvalue weighted by Crippen LogP contribution is 2.37. The standard InChI is InChI=1S/C18H20F2N4O2/c1-10-5-11(6-10)8-24-18(21-17(22-24)16(19)20)12-3-4-14-13(7-12)23(2)15(25)9-26-14/h3-4,7,10-11,16H,5-6,8-9H2,1-2H3. The van der Waals surface area contributed by atoms with E-state index in [0.717, 1.165) is 12.8 Å². The maximum absolute atomic E-state index is 13.1. The van der Waals surface area contributed by atoms with Crippen molar-refractivity contribution in [2.45, 2.75) is 32.7 Å². The lowest BCUT2D eigenvalue weighted by Gasteiger charge is -2.32. The van der Waals surface area contributed by atoms with Crippen LogP contribution in [0.3, 0.4) is 0 Å². The minimum absolute atomic E-state index is 0.00553. The maximum atomic E-state index is 13.1. The molecular formula is C18H20F2N4O2. The van der Waals surface area contributed by atoms with Crippen molar-refractivity contribution >= 4 is 11.6 Å². The minimum atomic E-state index is -2.72. The molecule has 26 heavy (non-hydrogen) atoms. The number of benzene rings is 1. The zero-order valence-electron chi connectivity index (χ0n) is 14.7. The van der Waals surface area contributed by atoms with Crippen LogP contribution < -0.4 is 9.64 Å². The lowest BCUT2D eigenvalue weighted by Crippen LogP contribution is -2.35. The second kappa shape index (κ2) is 6.34. The summed E-state index contributed by atoms with van der Waals surface area (Å²) in [6.07, 6.45) is -0.586. The lowest BCUT2D eigenvalue weighted by molar-refractivity contribution is -0.120. The molecule has 138 valence electrons. The molecule has 0 saturated heterocycles.